The molecule has 1 aliphatic rings. The standard InChI is InChI=1S/C18H30N4O3/c1-5-19-18(20-12-15-11-16(13(3)4)21-25-15)22-9-7-14(8-10-22)17(23)24-6-2/h11,13-14H,5-10,12H2,1-4H3,(H,19,20). The molecule has 25 heavy (non-hydrogen) atoms. The highest BCUT2D eigenvalue weighted by Crippen LogP contribution is 2.19. The summed E-state index contributed by atoms with van der Waals surface area (Å²) in [6.07, 6.45) is 1.59. The molecule has 7 nitrogen and oxygen atoms in total. The molecule has 1 fully saturated rings. The van der Waals surface area contributed by atoms with Crippen LogP contribution in [0.25, 0.3) is 0 Å². The van der Waals surface area contributed by atoms with Gasteiger partial charge in [0.05, 0.1) is 18.2 Å². The molecule has 0 saturated carbocycles. The van der Waals surface area contributed by atoms with Gasteiger partial charge in [-0.05, 0) is 32.6 Å². The number of aromatic nitrogens is 1. The maximum Gasteiger partial charge on any atom is 0.309 e. The topological polar surface area (TPSA) is 80.0 Å². The zero-order valence-corrected chi connectivity index (χ0v) is 15.7. The van der Waals surface area contributed by atoms with E-state index in [0.717, 1.165) is 49.9 Å². The summed E-state index contributed by atoms with van der Waals surface area (Å²) in [5.41, 5.74) is 0.949. The second kappa shape index (κ2) is 9.44. The van der Waals surface area contributed by atoms with Gasteiger partial charge in [0, 0.05) is 25.7 Å². The predicted molar refractivity (Wildman–Crippen MR) is 96.3 cm³/mol. The van der Waals surface area contributed by atoms with E-state index in [1.54, 1.807) is 0 Å². The number of hydrogen-bond donors (Lipinski definition) is 1. The van der Waals surface area contributed by atoms with Gasteiger partial charge in [-0.3, -0.25) is 4.79 Å². The molecule has 1 N–H and O–H groups in total. The fraction of sp³-hybridized carbons (Fsp3) is 0.722. The number of ether oxygens (including phenoxy) is 1. The molecule has 0 radical (unpaired) electrons. The minimum absolute atomic E-state index is 0.00181. The summed E-state index contributed by atoms with van der Waals surface area (Å²) in [5.74, 6) is 1.89. The quantitative estimate of drug-likeness (QED) is 0.482. The normalized spacial score (nSPS) is 16.4. The zero-order valence-electron chi connectivity index (χ0n) is 15.7. The van der Waals surface area contributed by atoms with Crippen molar-refractivity contribution in [2.45, 2.75) is 53.0 Å². The predicted octanol–water partition coefficient (Wildman–Crippen LogP) is 2.54. The Hall–Kier alpha value is -2.05. The maximum absolute atomic E-state index is 11.9. The minimum Gasteiger partial charge on any atom is -0.466 e. The molecule has 1 aromatic heterocycles. The van der Waals surface area contributed by atoms with Crippen LogP contribution in [0.15, 0.2) is 15.6 Å². The highest BCUT2D eigenvalue weighted by Gasteiger charge is 2.27. The summed E-state index contributed by atoms with van der Waals surface area (Å²) < 4.78 is 10.5. The summed E-state index contributed by atoms with van der Waals surface area (Å²) in [4.78, 5) is 18.7. The Morgan fingerprint density at radius 1 is 1.44 bits per heavy atom. The van der Waals surface area contributed by atoms with Gasteiger partial charge in [-0.25, -0.2) is 4.99 Å². The Balaban J connectivity index is 1.94. The molecule has 1 aromatic rings. The number of esters is 1. The molecule has 140 valence electrons. The fourth-order valence-corrected chi connectivity index (χ4v) is 2.84. The summed E-state index contributed by atoms with van der Waals surface area (Å²) in [7, 11) is 0. The minimum atomic E-state index is -0.0769. The Kier molecular flexibility index (Phi) is 7.28. The van der Waals surface area contributed by atoms with Gasteiger partial charge in [-0.1, -0.05) is 19.0 Å². The van der Waals surface area contributed by atoms with Crippen LogP contribution < -0.4 is 5.32 Å². The smallest absolute Gasteiger partial charge is 0.309 e. The lowest BCUT2D eigenvalue weighted by Crippen LogP contribution is -2.46. The zero-order chi connectivity index (χ0) is 18.2. The summed E-state index contributed by atoms with van der Waals surface area (Å²) in [6.45, 7) is 11.4. The van der Waals surface area contributed by atoms with Gasteiger partial charge in [0.2, 0.25) is 0 Å². The Bertz CT molecular complexity index is 575. The molecule has 0 aromatic carbocycles. The van der Waals surface area contributed by atoms with Gasteiger partial charge >= 0.3 is 5.97 Å². The molecule has 0 spiro atoms. The molecule has 0 amide bonds. The van der Waals surface area contributed by atoms with Crippen molar-refractivity contribution in [2.75, 3.05) is 26.2 Å². The fourth-order valence-electron chi connectivity index (χ4n) is 2.84. The lowest BCUT2D eigenvalue weighted by molar-refractivity contribution is -0.149. The van der Waals surface area contributed by atoms with E-state index in [-0.39, 0.29) is 11.9 Å². The van der Waals surface area contributed by atoms with Crippen LogP contribution in [-0.2, 0) is 16.1 Å². The van der Waals surface area contributed by atoms with Crippen LogP contribution in [0.3, 0.4) is 0 Å². The number of carbonyl (C=O) groups excluding carboxylic acids is 1. The summed E-state index contributed by atoms with van der Waals surface area (Å²) in [6, 6.07) is 1.96. The molecule has 0 aliphatic carbocycles. The highest BCUT2D eigenvalue weighted by atomic mass is 16.5. The Morgan fingerprint density at radius 2 is 2.16 bits per heavy atom. The summed E-state index contributed by atoms with van der Waals surface area (Å²) in [5, 5.41) is 7.39. The van der Waals surface area contributed by atoms with E-state index < -0.39 is 0 Å². The number of likely N-dealkylation sites (tertiary alicyclic amines) is 1. The summed E-state index contributed by atoms with van der Waals surface area (Å²) >= 11 is 0. The highest BCUT2D eigenvalue weighted by molar-refractivity contribution is 5.80. The van der Waals surface area contributed by atoms with Crippen LogP contribution in [0.4, 0.5) is 0 Å². The lowest BCUT2D eigenvalue weighted by Gasteiger charge is -2.33. The molecule has 0 unspecified atom stereocenters. The monoisotopic (exact) mass is 350 g/mol. The first-order valence-electron chi connectivity index (χ1n) is 9.20. The number of carbonyl (C=O) groups is 1. The average Bonchev–Trinajstić information content (AvgIpc) is 3.08. The van der Waals surface area contributed by atoms with Crippen LogP contribution in [0.2, 0.25) is 0 Å². The van der Waals surface area contributed by atoms with Crippen molar-refractivity contribution in [1.82, 2.24) is 15.4 Å². The van der Waals surface area contributed by atoms with E-state index >= 15 is 0 Å². The molecule has 1 saturated heterocycles. The number of hydrogen-bond acceptors (Lipinski definition) is 5. The van der Waals surface area contributed by atoms with Crippen LogP contribution in [0.1, 0.15) is 57.9 Å². The first-order chi connectivity index (χ1) is 12.0. The lowest BCUT2D eigenvalue weighted by atomic mass is 9.97. The van der Waals surface area contributed by atoms with Gasteiger partial charge in [0.1, 0.15) is 6.54 Å². The second-order valence-electron chi connectivity index (χ2n) is 6.56. The average molecular weight is 350 g/mol. The molecular formula is C18H30N4O3. The number of guanidine groups is 1. The van der Waals surface area contributed by atoms with Crippen LogP contribution in [-0.4, -0.2) is 48.2 Å². The van der Waals surface area contributed by atoms with Gasteiger partial charge in [0.15, 0.2) is 11.7 Å². The third-order valence-corrected chi connectivity index (χ3v) is 4.30. The third-order valence-electron chi connectivity index (χ3n) is 4.30. The Morgan fingerprint density at radius 3 is 2.72 bits per heavy atom. The first kappa shape index (κ1) is 19.3. The second-order valence-corrected chi connectivity index (χ2v) is 6.56. The van der Waals surface area contributed by atoms with Crippen molar-refractivity contribution in [1.29, 1.82) is 0 Å². The van der Waals surface area contributed by atoms with Crippen molar-refractivity contribution < 1.29 is 14.1 Å². The Labute approximate surface area is 149 Å². The number of rotatable bonds is 6. The molecule has 0 bridgehead atoms. The van der Waals surface area contributed by atoms with Gasteiger partial charge in [-0.15, -0.1) is 0 Å². The van der Waals surface area contributed by atoms with Crippen molar-refractivity contribution >= 4 is 11.9 Å². The number of aliphatic imine (C=N–C) groups is 1. The van der Waals surface area contributed by atoms with Crippen LogP contribution in [0, 0.1) is 5.92 Å². The first-order valence-corrected chi connectivity index (χ1v) is 9.20. The van der Waals surface area contributed by atoms with E-state index in [9.17, 15) is 4.79 Å². The van der Waals surface area contributed by atoms with E-state index in [1.165, 1.54) is 0 Å². The van der Waals surface area contributed by atoms with Crippen molar-refractivity contribution in [2.24, 2.45) is 10.9 Å². The molecule has 0 atom stereocenters. The van der Waals surface area contributed by atoms with Crippen LogP contribution in [0.5, 0.6) is 0 Å². The van der Waals surface area contributed by atoms with Crippen molar-refractivity contribution in [3.8, 4) is 0 Å². The molecule has 1 aliphatic heterocycles. The molecule has 2 heterocycles. The van der Waals surface area contributed by atoms with Crippen molar-refractivity contribution in [3.05, 3.63) is 17.5 Å². The van der Waals surface area contributed by atoms with E-state index in [0.29, 0.717) is 19.1 Å². The van der Waals surface area contributed by atoms with Crippen LogP contribution >= 0.6 is 0 Å². The molecular weight excluding hydrogens is 320 g/mol. The van der Waals surface area contributed by atoms with Gasteiger partial charge in [-0.2, -0.15) is 0 Å². The van der Waals surface area contributed by atoms with Crippen molar-refractivity contribution in [3.63, 3.8) is 0 Å². The molecule has 7 heteroatoms. The maximum atomic E-state index is 11.9. The SMILES string of the molecule is CCNC(=NCc1cc(C(C)C)no1)N1CCC(C(=O)OCC)CC1. The largest absolute Gasteiger partial charge is 0.466 e. The number of piperidine rings is 1. The molecule has 2 rings (SSSR count). The van der Waals surface area contributed by atoms with E-state index in [1.807, 2.05) is 19.9 Å². The van der Waals surface area contributed by atoms with Gasteiger partial charge < -0.3 is 19.5 Å². The van der Waals surface area contributed by atoms with E-state index in [4.69, 9.17) is 9.26 Å². The number of nitrogens with zero attached hydrogens (tertiary/aromatic N) is 3. The van der Waals surface area contributed by atoms with E-state index in [2.05, 4.69) is 34.2 Å². The third kappa shape index (κ3) is 5.47. The van der Waals surface area contributed by atoms with Gasteiger partial charge in [0.25, 0.3) is 0 Å². The number of nitrogens with one attached hydrogen (secondary N) is 1.